The molecule has 0 aliphatic heterocycles. The molecule has 2 atom stereocenters. The van der Waals surface area contributed by atoms with Gasteiger partial charge in [0.1, 0.15) is 12.1 Å². The highest BCUT2D eigenvalue weighted by Crippen LogP contribution is 2.03. The van der Waals surface area contributed by atoms with Crippen molar-refractivity contribution < 1.29 is 19.4 Å². The molecular formula is C12H23NO4. The van der Waals surface area contributed by atoms with E-state index in [9.17, 15) is 9.59 Å². The molecule has 0 aromatic heterocycles. The Morgan fingerprint density at radius 1 is 1.29 bits per heavy atom. The number of nitrogens with one attached hydrogen (secondary N) is 1. The predicted octanol–water partition coefficient (Wildman–Crippen LogP) is 1.42. The molecule has 0 saturated carbocycles. The van der Waals surface area contributed by atoms with Gasteiger partial charge in [-0.1, -0.05) is 27.2 Å². The average molecular weight is 245 g/mol. The standard InChI is InChI=1S/C12H23NO4/c1-5-6-7-17-9(4)11(14)13-10(8(2)3)12(15)16/h8-10H,5-7H2,1-4H3,(H,13,14)(H,15,16). The lowest BCUT2D eigenvalue weighted by Gasteiger charge is -2.20. The van der Waals surface area contributed by atoms with E-state index in [1.807, 2.05) is 6.92 Å². The monoisotopic (exact) mass is 245 g/mol. The number of rotatable bonds is 8. The third-order valence-electron chi connectivity index (χ3n) is 2.47. The van der Waals surface area contributed by atoms with E-state index >= 15 is 0 Å². The van der Waals surface area contributed by atoms with Gasteiger partial charge >= 0.3 is 5.97 Å². The number of amides is 1. The summed E-state index contributed by atoms with van der Waals surface area (Å²) in [6.07, 6.45) is 1.28. The largest absolute Gasteiger partial charge is 0.480 e. The molecule has 2 unspecified atom stereocenters. The summed E-state index contributed by atoms with van der Waals surface area (Å²) < 4.78 is 5.30. The molecule has 0 aliphatic carbocycles. The zero-order valence-corrected chi connectivity index (χ0v) is 11.0. The van der Waals surface area contributed by atoms with E-state index in [-0.39, 0.29) is 11.8 Å². The Hall–Kier alpha value is -1.10. The summed E-state index contributed by atoms with van der Waals surface area (Å²) in [6, 6.07) is -0.861. The van der Waals surface area contributed by atoms with Gasteiger partial charge in [0.05, 0.1) is 0 Å². The maximum Gasteiger partial charge on any atom is 0.326 e. The van der Waals surface area contributed by atoms with Crippen molar-refractivity contribution in [2.24, 2.45) is 5.92 Å². The molecule has 0 radical (unpaired) electrons. The maximum atomic E-state index is 11.7. The molecule has 0 saturated heterocycles. The van der Waals surface area contributed by atoms with Crippen molar-refractivity contribution >= 4 is 11.9 Å². The summed E-state index contributed by atoms with van der Waals surface area (Å²) in [6.45, 7) is 7.69. The van der Waals surface area contributed by atoms with E-state index in [0.717, 1.165) is 12.8 Å². The topological polar surface area (TPSA) is 75.6 Å². The molecule has 0 fully saturated rings. The van der Waals surface area contributed by atoms with Gasteiger partial charge in [-0.25, -0.2) is 4.79 Å². The van der Waals surface area contributed by atoms with Crippen molar-refractivity contribution in [3.05, 3.63) is 0 Å². The van der Waals surface area contributed by atoms with E-state index in [4.69, 9.17) is 9.84 Å². The first kappa shape index (κ1) is 15.9. The molecule has 100 valence electrons. The second kappa shape index (κ2) is 8.06. The van der Waals surface area contributed by atoms with Crippen molar-refractivity contribution in [2.45, 2.75) is 52.7 Å². The van der Waals surface area contributed by atoms with Gasteiger partial charge in [-0.2, -0.15) is 0 Å². The second-order valence-electron chi connectivity index (χ2n) is 4.44. The summed E-state index contributed by atoms with van der Waals surface area (Å²) >= 11 is 0. The number of carboxylic acids is 1. The molecule has 0 spiro atoms. The lowest BCUT2D eigenvalue weighted by Crippen LogP contribution is -2.48. The van der Waals surface area contributed by atoms with Crippen LogP contribution in [0.1, 0.15) is 40.5 Å². The Labute approximate surface area is 103 Å². The van der Waals surface area contributed by atoms with Crippen LogP contribution in [0.2, 0.25) is 0 Å². The van der Waals surface area contributed by atoms with Crippen LogP contribution in [0.15, 0.2) is 0 Å². The molecule has 0 bridgehead atoms. The highest BCUT2D eigenvalue weighted by molar-refractivity contribution is 5.86. The van der Waals surface area contributed by atoms with Gasteiger partial charge in [-0.15, -0.1) is 0 Å². The van der Waals surface area contributed by atoms with Gasteiger partial charge in [0, 0.05) is 6.61 Å². The van der Waals surface area contributed by atoms with Crippen LogP contribution < -0.4 is 5.32 Å². The quantitative estimate of drug-likeness (QED) is 0.634. The molecule has 5 nitrogen and oxygen atoms in total. The van der Waals surface area contributed by atoms with Crippen LogP contribution in [-0.2, 0) is 14.3 Å². The summed E-state index contributed by atoms with van der Waals surface area (Å²) in [5.74, 6) is -1.55. The lowest BCUT2D eigenvalue weighted by atomic mass is 10.0. The predicted molar refractivity (Wildman–Crippen MR) is 64.7 cm³/mol. The van der Waals surface area contributed by atoms with Gasteiger partial charge in [0.2, 0.25) is 5.91 Å². The van der Waals surface area contributed by atoms with Crippen LogP contribution >= 0.6 is 0 Å². The Kier molecular flexibility index (Phi) is 7.54. The molecule has 5 heteroatoms. The van der Waals surface area contributed by atoms with Gasteiger partial charge < -0.3 is 15.2 Å². The van der Waals surface area contributed by atoms with Gasteiger partial charge in [0.25, 0.3) is 0 Å². The van der Waals surface area contributed by atoms with Crippen LogP contribution in [0.5, 0.6) is 0 Å². The summed E-state index contributed by atoms with van der Waals surface area (Å²) in [4.78, 5) is 22.6. The molecule has 0 aromatic carbocycles. The SMILES string of the molecule is CCCCOC(C)C(=O)NC(C(=O)O)C(C)C. The van der Waals surface area contributed by atoms with Crippen molar-refractivity contribution in [2.75, 3.05) is 6.61 Å². The lowest BCUT2D eigenvalue weighted by molar-refractivity contribution is -0.145. The van der Waals surface area contributed by atoms with Crippen molar-refractivity contribution in [3.63, 3.8) is 0 Å². The number of hydrogen-bond donors (Lipinski definition) is 2. The Bertz CT molecular complexity index is 253. The van der Waals surface area contributed by atoms with Crippen LogP contribution in [-0.4, -0.2) is 35.7 Å². The van der Waals surface area contributed by atoms with E-state index in [0.29, 0.717) is 6.61 Å². The highest BCUT2D eigenvalue weighted by atomic mass is 16.5. The van der Waals surface area contributed by atoms with Crippen molar-refractivity contribution in [1.82, 2.24) is 5.32 Å². The molecule has 2 N–H and O–H groups in total. The minimum atomic E-state index is -1.02. The number of ether oxygens (including phenoxy) is 1. The first-order chi connectivity index (χ1) is 7.90. The highest BCUT2D eigenvalue weighted by Gasteiger charge is 2.25. The van der Waals surface area contributed by atoms with E-state index in [1.165, 1.54) is 0 Å². The molecule has 0 rings (SSSR count). The maximum absolute atomic E-state index is 11.7. The number of hydrogen-bond acceptors (Lipinski definition) is 3. The van der Waals surface area contributed by atoms with Crippen molar-refractivity contribution in [3.8, 4) is 0 Å². The first-order valence-corrected chi connectivity index (χ1v) is 6.04. The molecule has 0 aliphatic rings. The molecule has 0 aromatic rings. The number of carbonyl (C=O) groups is 2. The normalized spacial score (nSPS) is 14.4. The van der Waals surface area contributed by atoms with Gasteiger partial charge in [-0.05, 0) is 19.3 Å². The van der Waals surface area contributed by atoms with Crippen LogP contribution in [0.25, 0.3) is 0 Å². The molecule has 1 amide bonds. The first-order valence-electron chi connectivity index (χ1n) is 6.04. The van der Waals surface area contributed by atoms with Crippen LogP contribution in [0.3, 0.4) is 0 Å². The fourth-order valence-electron chi connectivity index (χ4n) is 1.26. The molecular weight excluding hydrogens is 222 g/mol. The number of carbonyl (C=O) groups excluding carboxylic acids is 1. The zero-order valence-electron chi connectivity index (χ0n) is 11.0. The van der Waals surface area contributed by atoms with Gasteiger partial charge in [-0.3, -0.25) is 4.79 Å². The third-order valence-corrected chi connectivity index (χ3v) is 2.47. The average Bonchev–Trinajstić information content (AvgIpc) is 2.24. The fourth-order valence-corrected chi connectivity index (χ4v) is 1.26. The summed E-state index contributed by atoms with van der Waals surface area (Å²) in [7, 11) is 0. The Morgan fingerprint density at radius 3 is 2.29 bits per heavy atom. The van der Waals surface area contributed by atoms with E-state index in [1.54, 1.807) is 20.8 Å². The smallest absolute Gasteiger partial charge is 0.326 e. The van der Waals surface area contributed by atoms with Crippen LogP contribution in [0, 0.1) is 5.92 Å². The number of carboxylic acid groups (broad SMARTS) is 1. The zero-order chi connectivity index (χ0) is 13.4. The molecule has 17 heavy (non-hydrogen) atoms. The number of aliphatic carboxylic acids is 1. The minimum absolute atomic E-state index is 0.153. The Morgan fingerprint density at radius 2 is 1.88 bits per heavy atom. The van der Waals surface area contributed by atoms with Gasteiger partial charge in [0.15, 0.2) is 0 Å². The second-order valence-corrected chi connectivity index (χ2v) is 4.44. The Balaban J connectivity index is 4.16. The van der Waals surface area contributed by atoms with E-state index in [2.05, 4.69) is 5.32 Å². The van der Waals surface area contributed by atoms with E-state index < -0.39 is 18.1 Å². The minimum Gasteiger partial charge on any atom is -0.480 e. The van der Waals surface area contributed by atoms with Crippen LogP contribution in [0.4, 0.5) is 0 Å². The summed E-state index contributed by atoms with van der Waals surface area (Å²) in [5.41, 5.74) is 0. The number of unbranched alkanes of at least 4 members (excludes halogenated alkanes) is 1. The molecule has 0 heterocycles. The third kappa shape index (κ3) is 6.26. The fraction of sp³-hybridized carbons (Fsp3) is 0.833. The van der Waals surface area contributed by atoms with Crippen molar-refractivity contribution in [1.29, 1.82) is 0 Å². The summed E-state index contributed by atoms with van der Waals surface area (Å²) in [5, 5.41) is 11.4.